The molecule has 0 aliphatic heterocycles. The van der Waals surface area contributed by atoms with Gasteiger partial charge in [-0.25, -0.2) is 8.78 Å². The van der Waals surface area contributed by atoms with Crippen molar-refractivity contribution >= 4 is 22.6 Å². The Bertz CT molecular complexity index is 289. The number of benzene rings is 1. The molecule has 0 aromatic heterocycles. The van der Waals surface area contributed by atoms with Crippen molar-refractivity contribution in [2.45, 2.75) is 6.42 Å². The zero-order valence-electron chi connectivity index (χ0n) is 6.28. The number of rotatable bonds is 2. The van der Waals surface area contributed by atoms with Crippen LogP contribution >= 0.6 is 22.6 Å². The van der Waals surface area contributed by atoms with Gasteiger partial charge < -0.3 is 5.73 Å². The SMILES string of the molecule is NCCc1cc(F)c(F)cc1I. The minimum Gasteiger partial charge on any atom is -0.330 e. The molecular weight excluding hydrogens is 275 g/mol. The van der Waals surface area contributed by atoms with Crippen LogP contribution in [0.5, 0.6) is 0 Å². The van der Waals surface area contributed by atoms with Gasteiger partial charge in [0.05, 0.1) is 0 Å². The molecule has 66 valence electrons. The van der Waals surface area contributed by atoms with E-state index in [4.69, 9.17) is 5.73 Å². The van der Waals surface area contributed by atoms with E-state index in [9.17, 15) is 8.78 Å². The number of halogens is 3. The second-order valence-corrected chi connectivity index (χ2v) is 3.56. The van der Waals surface area contributed by atoms with Crippen LogP contribution in [0.3, 0.4) is 0 Å². The molecule has 0 saturated heterocycles. The fourth-order valence-corrected chi connectivity index (χ4v) is 1.61. The van der Waals surface area contributed by atoms with Crippen molar-refractivity contribution in [1.82, 2.24) is 0 Å². The van der Waals surface area contributed by atoms with E-state index in [0.717, 1.165) is 9.13 Å². The Balaban J connectivity index is 3.05. The van der Waals surface area contributed by atoms with E-state index in [1.54, 1.807) is 0 Å². The van der Waals surface area contributed by atoms with E-state index in [2.05, 4.69) is 0 Å². The molecule has 0 spiro atoms. The third-order valence-corrected chi connectivity index (χ3v) is 2.51. The summed E-state index contributed by atoms with van der Waals surface area (Å²) in [7, 11) is 0. The van der Waals surface area contributed by atoms with Crippen LogP contribution in [0.25, 0.3) is 0 Å². The second-order valence-electron chi connectivity index (χ2n) is 2.40. The summed E-state index contributed by atoms with van der Waals surface area (Å²) in [5, 5.41) is 0. The summed E-state index contributed by atoms with van der Waals surface area (Å²) in [4.78, 5) is 0. The van der Waals surface area contributed by atoms with Crippen LogP contribution in [0.2, 0.25) is 0 Å². The molecule has 0 bridgehead atoms. The van der Waals surface area contributed by atoms with E-state index < -0.39 is 11.6 Å². The lowest BCUT2D eigenvalue weighted by Gasteiger charge is -2.02. The Morgan fingerprint density at radius 1 is 1.25 bits per heavy atom. The highest BCUT2D eigenvalue weighted by Crippen LogP contribution is 2.17. The first-order chi connectivity index (χ1) is 5.65. The molecule has 0 aliphatic carbocycles. The van der Waals surface area contributed by atoms with Gasteiger partial charge in [0.15, 0.2) is 11.6 Å². The van der Waals surface area contributed by atoms with Crippen molar-refractivity contribution in [3.63, 3.8) is 0 Å². The fraction of sp³-hybridized carbons (Fsp3) is 0.250. The van der Waals surface area contributed by atoms with Gasteiger partial charge in [-0.3, -0.25) is 0 Å². The summed E-state index contributed by atoms with van der Waals surface area (Å²) in [6.07, 6.45) is 0.579. The van der Waals surface area contributed by atoms with Crippen LogP contribution in [0.15, 0.2) is 12.1 Å². The number of hydrogen-bond donors (Lipinski definition) is 1. The summed E-state index contributed by atoms with van der Waals surface area (Å²) < 4.78 is 26.0. The summed E-state index contributed by atoms with van der Waals surface area (Å²) in [5.41, 5.74) is 6.06. The molecule has 0 aliphatic rings. The number of hydrogen-bond acceptors (Lipinski definition) is 1. The average Bonchev–Trinajstić information content (AvgIpc) is 2.01. The monoisotopic (exact) mass is 283 g/mol. The van der Waals surface area contributed by atoms with Crippen LogP contribution in [0, 0.1) is 15.2 Å². The Kier molecular flexibility index (Phi) is 3.39. The molecule has 1 aromatic rings. The molecule has 0 amide bonds. The van der Waals surface area contributed by atoms with Crippen molar-refractivity contribution in [3.8, 4) is 0 Å². The smallest absolute Gasteiger partial charge is 0.159 e. The van der Waals surface area contributed by atoms with E-state index in [-0.39, 0.29) is 0 Å². The summed E-state index contributed by atoms with van der Waals surface area (Å²) in [6, 6.07) is 2.38. The molecule has 1 nitrogen and oxygen atoms in total. The first-order valence-corrected chi connectivity index (χ1v) is 4.56. The molecule has 2 N–H and O–H groups in total. The van der Waals surface area contributed by atoms with Crippen LogP contribution in [-0.2, 0) is 6.42 Å². The zero-order valence-corrected chi connectivity index (χ0v) is 8.44. The van der Waals surface area contributed by atoms with Gasteiger partial charge in [0, 0.05) is 3.57 Å². The highest BCUT2D eigenvalue weighted by molar-refractivity contribution is 14.1. The first-order valence-electron chi connectivity index (χ1n) is 3.48. The summed E-state index contributed by atoms with van der Waals surface area (Å²) in [5.74, 6) is -1.61. The van der Waals surface area contributed by atoms with Gasteiger partial charge in [0.25, 0.3) is 0 Å². The van der Waals surface area contributed by atoms with Gasteiger partial charge >= 0.3 is 0 Å². The molecule has 0 radical (unpaired) electrons. The van der Waals surface area contributed by atoms with Crippen molar-refractivity contribution in [2.75, 3.05) is 6.54 Å². The molecular formula is C8H8F2IN. The van der Waals surface area contributed by atoms with Crippen molar-refractivity contribution in [3.05, 3.63) is 32.9 Å². The molecule has 0 heterocycles. The van der Waals surface area contributed by atoms with Gasteiger partial charge in [-0.15, -0.1) is 0 Å². The maximum atomic E-state index is 12.7. The predicted molar refractivity (Wildman–Crippen MR) is 51.8 cm³/mol. The van der Waals surface area contributed by atoms with Crippen LogP contribution in [0.4, 0.5) is 8.78 Å². The average molecular weight is 283 g/mol. The molecule has 12 heavy (non-hydrogen) atoms. The molecule has 1 rings (SSSR count). The normalized spacial score (nSPS) is 10.3. The van der Waals surface area contributed by atoms with Gasteiger partial charge in [-0.1, -0.05) is 0 Å². The lowest BCUT2D eigenvalue weighted by Crippen LogP contribution is -2.05. The van der Waals surface area contributed by atoms with E-state index in [1.165, 1.54) is 12.1 Å². The third kappa shape index (κ3) is 2.13. The Hall–Kier alpha value is -0.230. The predicted octanol–water partition coefficient (Wildman–Crippen LogP) is 2.07. The zero-order chi connectivity index (χ0) is 9.14. The standard InChI is InChI=1S/C8H8F2IN/c9-6-3-5(1-2-12)8(11)4-7(6)10/h3-4H,1-2,12H2. The molecule has 0 unspecified atom stereocenters. The van der Waals surface area contributed by atoms with Gasteiger partial charge in [0.2, 0.25) is 0 Å². The van der Waals surface area contributed by atoms with E-state index >= 15 is 0 Å². The minimum atomic E-state index is -0.807. The van der Waals surface area contributed by atoms with Crippen molar-refractivity contribution < 1.29 is 8.78 Å². The summed E-state index contributed by atoms with van der Waals surface area (Å²) in [6.45, 7) is 0.446. The number of nitrogens with two attached hydrogens (primary N) is 1. The van der Waals surface area contributed by atoms with Crippen LogP contribution < -0.4 is 5.73 Å². The van der Waals surface area contributed by atoms with Crippen LogP contribution in [-0.4, -0.2) is 6.54 Å². The highest BCUT2D eigenvalue weighted by atomic mass is 127. The van der Waals surface area contributed by atoms with Crippen LogP contribution in [0.1, 0.15) is 5.56 Å². The molecule has 0 saturated carbocycles. The maximum Gasteiger partial charge on any atom is 0.159 e. The fourth-order valence-electron chi connectivity index (χ4n) is 0.911. The topological polar surface area (TPSA) is 26.0 Å². The molecule has 0 atom stereocenters. The minimum absolute atomic E-state index is 0.446. The largest absolute Gasteiger partial charge is 0.330 e. The van der Waals surface area contributed by atoms with Crippen molar-refractivity contribution in [2.24, 2.45) is 5.73 Å². The lowest BCUT2D eigenvalue weighted by molar-refractivity contribution is 0.506. The Labute approximate surface area is 83.1 Å². The Morgan fingerprint density at radius 3 is 2.42 bits per heavy atom. The first kappa shape index (κ1) is 9.85. The summed E-state index contributed by atoms with van der Waals surface area (Å²) >= 11 is 1.96. The molecule has 1 aromatic carbocycles. The van der Waals surface area contributed by atoms with E-state index in [0.29, 0.717) is 13.0 Å². The highest BCUT2D eigenvalue weighted by Gasteiger charge is 2.06. The second kappa shape index (κ2) is 4.13. The lowest BCUT2D eigenvalue weighted by atomic mass is 10.1. The Morgan fingerprint density at radius 2 is 1.83 bits per heavy atom. The molecule has 0 fully saturated rings. The van der Waals surface area contributed by atoms with Gasteiger partial charge in [-0.2, -0.15) is 0 Å². The molecule has 4 heteroatoms. The van der Waals surface area contributed by atoms with Gasteiger partial charge in [-0.05, 0) is 53.3 Å². The van der Waals surface area contributed by atoms with E-state index in [1.807, 2.05) is 22.6 Å². The third-order valence-electron chi connectivity index (χ3n) is 1.50. The van der Waals surface area contributed by atoms with Crippen molar-refractivity contribution in [1.29, 1.82) is 0 Å². The maximum absolute atomic E-state index is 12.7. The van der Waals surface area contributed by atoms with Gasteiger partial charge in [0.1, 0.15) is 0 Å². The quantitative estimate of drug-likeness (QED) is 0.652.